The van der Waals surface area contributed by atoms with E-state index in [1.165, 1.54) is 5.56 Å². The minimum atomic E-state index is -1.24. The van der Waals surface area contributed by atoms with Crippen LogP contribution in [0.15, 0.2) is 54.6 Å². The van der Waals surface area contributed by atoms with Gasteiger partial charge in [-0.2, -0.15) is 0 Å². The van der Waals surface area contributed by atoms with E-state index in [4.69, 9.17) is 0 Å². The lowest BCUT2D eigenvalue weighted by Gasteiger charge is -2.22. The Kier molecular flexibility index (Phi) is 6.76. The molecule has 26 heavy (non-hydrogen) atoms. The van der Waals surface area contributed by atoms with Crippen molar-refractivity contribution < 1.29 is 9.00 Å². The van der Waals surface area contributed by atoms with Gasteiger partial charge >= 0.3 is 0 Å². The zero-order valence-electron chi connectivity index (χ0n) is 16.4. The van der Waals surface area contributed by atoms with Crippen LogP contribution in [0.5, 0.6) is 0 Å². The van der Waals surface area contributed by atoms with E-state index in [2.05, 4.69) is 32.9 Å². The molecule has 0 bridgehead atoms. The number of rotatable bonds is 6. The number of nitrogens with zero attached hydrogens (tertiary/aromatic N) is 1. The lowest BCUT2D eigenvalue weighted by Crippen LogP contribution is -2.37. The third-order valence-corrected chi connectivity index (χ3v) is 6.12. The normalized spacial score (nSPS) is 13.9. The fourth-order valence-electron chi connectivity index (χ4n) is 2.75. The Hall–Kier alpha value is -1.94. The maximum Gasteiger partial charge on any atom is 0.238 e. The molecule has 0 N–H and O–H groups in total. The first-order valence-electron chi connectivity index (χ1n) is 8.94. The van der Waals surface area contributed by atoms with Crippen molar-refractivity contribution in [1.82, 2.24) is 4.90 Å². The number of amides is 1. The van der Waals surface area contributed by atoms with E-state index in [0.29, 0.717) is 12.3 Å². The quantitative estimate of drug-likeness (QED) is 0.760. The van der Waals surface area contributed by atoms with Crippen LogP contribution in [0.2, 0.25) is 0 Å². The van der Waals surface area contributed by atoms with E-state index in [-0.39, 0.29) is 11.3 Å². The summed E-state index contributed by atoms with van der Waals surface area (Å²) < 4.78 is 12.7. The molecule has 0 aliphatic carbocycles. The minimum absolute atomic E-state index is 0.0847. The van der Waals surface area contributed by atoms with Crippen LogP contribution >= 0.6 is 0 Å². The van der Waals surface area contributed by atoms with Gasteiger partial charge in [-0.3, -0.25) is 9.00 Å². The first-order chi connectivity index (χ1) is 12.2. The summed E-state index contributed by atoms with van der Waals surface area (Å²) in [6, 6.07) is 18.0. The number of hydrogen-bond acceptors (Lipinski definition) is 2. The van der Waals surface area contributed by atoms with Crippen molar-refractivity contribution in [2.75, 3.05) is 7.05 Å². The summed E-state index contributed by atoms with van der Waals surface area (Å²) in [7, 11) is 0.522. The zero-order chi connectivity index (χ0) is 19.3. The van der Waals surface area contributed by atoms with E-state index in [1.807, 2.05) is 42.5 Å². The largest absolute Gasteiger partial charge is 0.340 e. The van der Waals surface area contributed by atoms with E-state index < -0.39 is 16.0 Å². The van der Waals surface area contributed by atoms with Crippen LogP contribution in [-0.2, 0) is 33.3 Å². The number of carbonyl (C=O) groups is 1. The first kappa shape index (κ1) is 20.4. The molecule has 0 saturated heterocycles. The molecule has 0 spiro atoms. The maximum atomic E-state index is 12.7. The summed E-state index contributed by atoms with van der Waals surface area (Å²) >= 11 is 0. The molecular formula is C22H29NO2S. The zero-order valence-corrected chi connectivity index (χ0v) is 17.2. The second kappa shape index (κ2) is 8.63. The van der Waals surface area contributed by atoms with Gasteiger partial charge in [0.1, 0.15) is 5.25 Å². The average molecular weight is 372 g/mol. The molecule has 0 aliphatic rings. The Labute approximate surface area is 159 Å². The molecule has 0 aliphatic heterocycles. The van der Waals surface area contributed by atoms with Crippen molar-refractivity contribution in [2.24, 2.45) is 0 Å². The Balaban J connectivity index is 1.96. The lowest BCUT2D eigenvalue weighted by atomic mass is 9.87. The van der Waals surface area contributed by atoms with E-state index in [0.717, 1.165) is 11.1 Å². The van der Waals surface area contributed by atoms with Crippen molar-refractivity contribution in [3.63, 3.8) is 0 Å². The van der Waals surface area contributed by atoms with Crippen LogP contribution in [0.1, 0.15) is 44.4 Å². The Morgan fingerprint density at radius 1 is 1.00 bits per heavy atom. The highest BCUT2D eigenvalue weighted by Gasteiger charge is 2.23. The van der Waals surface area contributed by atoms with Crippen LogP contribution in [0.4, 0.5) is 0 Å². The van der Waals surface area contributed by atoms with Gasteiger partial charge in [-0.15, -0.1) is 0 Å². The average Bonchev–Trinajstić information content (AvgIpc) is 2.61. The van der Waals surface area contributed by atoms with Crippen molar-refractivity contribution >= 4 is 16.7 Å². The molecule has 3 nitrogen and oxygen atoms in total. The highest BCUT2D eigenvalue weighted by molar-refractivity contribution is 7.85. The molecule has 2 rings (SSSR count). The maximum absolute atomic E-state index is 12.7. The minimum Gasteiger partial charge on any atom is -0.340 e. The van der Waals surface area contributed by atoms with Gasteiger partial charge in [0.05, 0.1) is 0 Å². The number of hydrogen-bond donors (Lipinski definition) is 0. The van der Waals surface area contributed by atoms with Crippen molar-refractivity contribution in [1.29, 1.82) is 0 Å². The molecule has 2 aromatic rings. The van der Waals surface area contributed by atoms with Gasteiger partial charge in [0.2, 0.25) is 5.91 Å². The van der Waals surface area contributed by atoms with E-state index >= 15 is 0 Å². The molecule has 0 saturated carbocycles. The van der Waals surface area contributed by atoms with E-state index in [9.17, 15) is 9.00 Å². The van der Waals surface area contributed by atoms with Crippen molar-refractivity contribution in [2.45, 2.75) is 50.7 Å². The number of benzene rings is 2. The smallest absolute Gasteiger partial charge is 0.238 e. The van der Waals surface area contributed by atoms with Gasteiger partial charge in [-0.05, 0) is 29.0 Å². The molecule has 0 fully saturated rings. The van der Waals surface area contributed by atoms with Crippen LogP contribution < -0.4 is 0 Å². The number of carbonyl (C=O) groups excluding carboxylic acids is 1. The predicted octanol–water partition coefficient (Wildman–Crippen LogP) is 4.28. The second-order valence-corrected chi connectivity index (χ2v) is 9.55. The fourth-order valence-corrected chi connectivity index (χ4v) is 3.92. The monoisotopic (exact) mass is 371 g/mol. The third kappa shape index (κ3) is 5.53. The van der Waals surface area contributed by atoms with Gasteiger partial charge in [0.15, 0.2) is 0 Å². The van der Waals surface area contributed by atoms with Gasteiger partial charge in [-0.1, -0.05) is 75.4 Å². The summed E-state index contributed by atoms with van der Waals surface area (Å²) in [5.41, 5.74) is 3.42. The van der Waals surface area contributed by atoms with Gasteiger partial charge in [-0.25, -0.2) is 0 Å². The van der Waals surface area contributed by atoms with E-state index in [1.54, 1.807) is 18.9 Å². The molecule has 2 atom stereocenters. The summed E-state index contributed by atoms with van der Waals surface area (Å²) in [6.45, 7) is 8.79. The Morgan fingerprint density at radius 3 is 2.12 bits per heavy atom. The first-order valence-corrected chi connectivity index (χ1v) is 10.3. The molecule has 1 amide bonds. The summed E-state index contributed by atoms with van der Waals surface area (Å²) in [5, 5.41) is -0.522. The summed E-state index contributed by atoms with van der Waals surface area (Å²) in [6.07, 6.45) is 0. The molecular weight excluding hydrogens is 342 g/mol. The lowest BCUT2D eigenvalue weighted by molar-refractivity contribution is -0.129. The molecule has 4 heteroatoms. The molecule has 2 aromatic carbocycles. The topological polar surface area (TPSA) is 37.4 Å². The summed E-state index contributed by atoms with van der Waals surface area (Å²) in [4.78, 5) is 14.3. The molecule has 0 heterocycles. The molecule has 0 unspecified atom stereocenters. The summed E-state index contributed by atoms with van der Waals surface area (Å²) in [5.74, 6) is 0.315. The molecule has 140 valence electrons. The van der Waals surface area contributed by atoms with Crippen LogP contribution in [0, 0.1) is 0 Å². The fraction of sp³-hybridized carbons (Fsp3) is 0.409. The van der Waals surface area contributed by atoms with Crippen molar-refractivity contribution in [3.8, 4) is 0 Å². The SMILES string of the molecule is C[C@H](C(=O)N(C)Cc1ccccc1)[S@@](=O)Cc1ccc(C(C)(C)C)cc1. The molecule has 0 radical (unpaired) electrons. The Morgan fingerprint density at radius 2 is 1.58 bits per heavy atom. The highest BCUT2D eigenvalue weighted by atomic mass is 32.2. The molecule has 0 aromatic heterocycles. The predicted molar refractivity (Wildman–Crippen MR) is 109 cm³/mol. The van der Waals surface area contributed by atoms with Crippen LogP contribution in [0.25, 0.3) is 0 Å². The van der Waals surface area contributed by atoms with Gasteiger partial charge < -0.3 is 4.90 Å². The van der Waals surface area contributed by atoms with Crippen LogP contribution in [-0.4, -0.2) is 27.3 Å². The standard InChI is InChI=1S/C22H29NO2S/c1-17(21(24)23(5)15-18-9-7-6-8-10-18)26(25)16-19-11-13-20(14-12-19)22(2,3)4/h6-14,17H,15-16H2,1-5H3/t17-,26+/m1/s1. The van der Waals surface area contributed by atoms with Gasteiger partial charge in [0.25, 0.3) is 0 Å². The van der Waals surface area contributed by atoms with Crippen molar-refractivity contribution in [3.05, 3.63) is 71.3 Å². The van der Waals surface area contributed by atoms with Gasteiger partial charge in [0, 0.05) is 30.1 Å². The van der Waals surface area contributed by atoms with Crippen LogP contribution in [0.3, 0.4) is 0 Å². The Bertz CT molecular complexity index is 748. The highest BCUT2D eigenvalue weighted by Crippen LogP contribution is 2.22. The second-order valence-electron chi connectivity index (χ2n) is 7.79. The third-order valence-electron chi connectivity index (χ3n) is 4.51.